The van der Waals surface area contributed by atoms with Crippen molar-refractivity contribution in [2.24, 2.45) is 5.92 Å². The first-order valence-corrected chi connectivity index (χ1v) is 12.6. The first-order chi connectivity index (χ1) is 18.5. The molecule has 13 atom stereocenters. The van der Waals surface area contributed by atoms with E-state index in [0.717, 1.165) is 6.42 Å². The van der Waals surface area contributed by atoms with Crippen LogP contribution in [0.4, 0.5) is 0 Å². The van der Waals surface area contributed by atoms with Gasteiger partial charge in [-0.15, -0.1) is 0 Å². The Morgan fingerprint density at radius 1 is 0.878 bits per heavy atom. The van der Waals surface area contributed by atoms with Crippen molar-refractivity contribution in [3.05, 3.63) is 5.73 Å². The quantitative estimate of drug-likeness (QED) is 0.104. The Bertz CT molecular complexity index is 707. The fraction of sp³-hybridized carbons (Fsp3) is 0.917. The standard InChI is InChI=1S/C8H16NO3.C8H16O4.C7H12O5.CBN.Ac.Na/c1-4-6(3-10)12-5(2)7(9)8(4)11;1-3-5-7(10)8(11-2)6(4-9)12-5;1-11-7-5(3-9)12-4(2-8)6(7)10;2-1-3;;/h4-11H,3H2,1-2H3;5-10H,3-4H2,1-2H3;2,4-7,9-10H,3H2,1H3;;;/q-1;;;-1;;+1. The molecule has 17 heteroatoms. The van der Waals surface area contributed by atoms with E-state index in [1.807, 2.05) is 6.92 Å². The van der Waals surface area contributed by atoms with Crippen LogP contribution in [-0.2, 0) is 28.5 Å². The molecule has 7 N–H and O–H groups in total. The maximum atomic E-state index is 10.3. The molecule has 0 aliphatic carbocycles. The molecule has 230 valence electrons. The molecule has 4 radical (unpaired) electrons. The second kappa shape index (κ2) is 25.4. The van der Waals surface area contributed by atoms with Crippen molar-refractivity contribution in [2.75, 3.05) is 34.0 Å². The molecule has 3 heterocycles. The number of rotatable bonds is 7. The van der Waals surface area contributed by atoms with Gasteiger partial charge in [-0.3, -0.25) is 11.2 Å². The van der Waals surface area contributed by atoms with Gasteiger partial charge in [-0.25, -0.2) is 0 Å². The molecule has 3 saturated heterocycles. The summed E-state index contributed by atoms with van der Waals surface area (Å²) in [7, 11) is 7.06. The molecule has 13 unspecified atom stereocenters. The van der Waals surface area contributed by atoms with Gasteiger partial charge in [0.15, 0.2) is 6.29 Å². The topological polar surface area (TPSA) is 232 Å². The largest absolute Gasteiger partial charge is 1.00 e. The van der Waals surface area contributed by atoms with E-state index in [-0.39, 0.29) is 130 Å². The van der Waals surface area contributed by atoms with Crippen molar-refractivity contribution in [3.8, 4) is 5.97 Å². The third-order valence-electron chi connectivity index (χ3n) is 6.81. The molecular formula is C24H44AcBN2NaO12-. The molecule has 14 nitrogen and oxygen atoms in total. The van der Waals surface area contributed by atoms with Gasteiger partial charge in [0.05, 0.1) is 32.0 Å². The van der Waals surface area contributed by atoms with Crippen molar-refractivity contribution in [1.29, 1.82) is 5.26 Å². The maximum Gasteiger partial charge on any atom is 1.00 e. The van der Waals surface area contributed by atoms with Gasteiger partial charge in [0.2, 0.25) is 0 Å². The van der Waals surface area contributed by atoms with Crippen LogP contribution in [0.5, 0.6) is 0 Å². The van der Waals surface area contributed by atoms with Crippen LogP contribution >= 0.6 is 0 Å². The molecule has 3 aliphatic heterocycles. The van der Waals surface area contributed by atoms with E-state index < -0.39 is 42.7 Å². The molecule has 0 aromatic carbocycles. The predicted molar refractivity (Wildman–Crippen MR) is 138 cm³/mol. The van der Waals surface area contributed by atoms with Gasteiger partial charge in [0, 0.05) is 76.4 Å². The summed E-state index contributed by atoms with van der Waals surface area (Å²) >= 11 is 0. The fourth-order valence-corrected chi connectivity index (χ4v) is 4.43. The van der Waals surface area contributed by atoms with Crippen molar-refractivity contribution in [2.45, 2.75) is 100 Å². The van der Waals surface area contributed by atoms with Crippen molar-refractivity contribution >= 4 is 14.1 Å². The summed E-state index contributed by atoms with van der Waals surface area (Å²) in [5, 5.41) is 62.1. The average Bonchev–Trinajstić information content (AvgIpc) is 3.44. The SMILES string of the molecule is CC1OC(CO)C(C)C(O)C1[NH-].CCC1OC(CO)C(OC)C1O.COC1C(CO)OC(C=O)C1O.[Ac].[B-]C#N.[Na+]. The molecule has 0 amide bonds. The number of nitrogens with one attached hydrogen (secondary N) is 1. The number of nitrogens with zero attached hydrogens (tertiary/aromatic N) is 1. The predicted octanol–water partition coefficient (Wildman–Crippen LogP) is -5.32. The van der Waals surface area contributed by atoms with Gasteiger partial charge in [-0.05, 0) is 13.3 Å². The zero-order valence-electron chi connectivity index (χ0n) is 24.6. The Morgan fingerprint density at radius 3 is 1.66 bits per heavy atom. The number of hydrogen-bond donors (Lipinski definition) is 6. The third-order valence-corrected chi connectivity index (χ3v) is 6.81. The Labute approximate surface area is 301 Å². The minimum absolute atomic E-state index is 0. The zero-order chi connectivity index (χ0) is 30.3. The number of methoxy groups -OCH3 is 2. The molecule has 0 spiro atoms. The van der Waals surface area contributed by atoms with Crippen LogP contribution in [0.1, 0.15) is 27.2 Å². The van der Waals surface area contributed by atoms with Crippen molar-refractivity contribution in [3.63, 3.8) is 0 Å². The second-order valence-corrected chi connectivity index (χ2v) is 9.21. The Balaban J connectivity index is -0.000000492. The number of ether oxygens (including phenoxy) is 5. The number of carbonyl (C=O) groups is 1. The summed E-state index contributed by atoms with van der Waals surface area (Å²) in [6.45, 7) is 5.01. The number of aliphatic hydroxyl groups is 6. The summed E-state index contributed by atoms with van der Waals surface area (Å²) in [4.78, 5) is 10.3. The summed E-state index contributed by atoms with van der Waals surface area (Å²) in [6, 6.07) is -0.595. The van der Waals surface area contributed by atoms with Crippen LogP contribution in [-0.4, -0.2) is 152 Å². The van der Waals surface area contributed by atoms with Crippen LogP contribution in [0.15, 0.2) is 0 Å². The first kappa shape index (κ1) is 46.6. The van der Waals surface area contributed by atoms with Crippen LogP contribution in [0.25, 0.3) is 5.73 Å². The van der Waals surface area contributed by atoms with Crippen molar-refractivity contribution < 1.29 is 133 Å². The Hall–Kier alpha value is 1.19. The van der Waals surface area contributed by atoms with Crippen LogP contribution in [0.2, 0.25) is 0 Å². The fourth-order valence-electron chi connectivity index (χ4n) is 4.43. The average molecular weight is 813 g/mol. The normalized spacial score (nSPS) is 39.1. The minimum atomic E-state index is -0.982. The number of aliphatic hydroxyl groups excluding tert-OH is 6. The van der Waals surface area contributed by atoms with E-state index in [0.29, 0.717) is 6.29 Å². The van der Waals surface area contributed by atoms with Crippen LogP contribution < -0.4 is 29.6 Å². The Morgan fingerprint density at radius 2 is 1.32 bits per heavy atom. The van der Waals surface area contributed by atoms with Gasteiger partial charge in [-0.2, -0.15) is 0 Å². The number of hydrogen-bond acceptors (Lipinski definition) is 13. The molecule has 0 aromatic heterocycles. The molecule has 0 saturated carbocycles. The zero-order valence-corrected chi connectivity index (χ0v) is 31.4. The number of aldehydes is 1. The van der Waals surface area contributed by atoms with E-state index in [4.69, 9.17) is 50.0 Å². The molecular weight excluding hydrogens is 769 g/mol. The smallest absolute Gasteiger partial charge is 0.670 e. The summed E-state index contributed by atoms with van der Waals surface area (Å²) in [5.74, 6) is 1.09. The monoisotopic (exact) mass is 813 g/mol. The van der Waals surface area contributed by atoms with Gasteiger partial charge < -0.3 is 72.7 Å². The molecule has 41 heavy (non-hydrogen) atoms. The molecule has 0 aromatic rings. The van der Waals surface area contributed by atoms with Crippen LogP contribution in [0, 0.1) is 61.2 Å². The summed E-state index contributed by atoms with van der Waals surface area (Å²) in [6.07, 6.45) is -4.75. The third kappa shape index (κ3) is 14.0. The molecule has 3 fully saturated rings. The number of carbonyl (C=O) groups excluding carboxylic acids is 1. The van der Waals surface area contributed by atoms with Gasteiger partial charge in [-0.1, -0.05) is 19.9 Å². The molecule has 3 aliphatic rings. The van der Waals surface area contributed by atoms with E-state index in [1.165, 1.54) is 20.2 Å². The van der Waals surface area contributed by atoms with Gasteiger partial charge in [0.1, 0.15) is 42.7 Å². The summed E-state index contributed by atoms with van der Waals surface area (Å²) < 4.78 is 25.6. The van der Waals surface area contributed by atoms with Gasteiger partial charge in [0.25, 0.3) is 0 Å². The van der Waals surface area contributed by atoms with E-state index in [9.17, 15) is 20.1 Å². The van der Waals surface area contributed by atoms with E-state index in [1.54, 1.807) is 13.8 Å². The second-order valence-electron chi connectivity index (χ2n) is 9.21. The van der Waals surface area contributed by atoms with E-state index >= 15 is 0 Å². The van der Waals surface area contributed by atoms with E-state index in [2.05, 4.69) is 7.85 Å². The molecule has 0 bridgehead atoms. The molecule has 3 rings (SSSR count). The van der Waals surface area contributed by atoms with Gasteiger partial charge >= 0.3 is 29.6 Å². The van der Waals surface area contributed by atoms with Crippen molar-refractivity contribution in [1.82, 2.24) is 0 Å². The first-order valence-electron chi connectivity index (χ1n) is 12.6. The Kier molecular flexibility index (Phi) is 28.9. The van der Waals surface area contributed by atoms with Crippen LogP contribution in [0.3, 0.4) is 0 Å². The summed E-state index contributed by atoms with van der Waals surface area (Å²) in [5.41, 5.74) is 7.52. The minimum Gasteiger partial charge on any atom is -0.670 e. The maximum absolute atomic E-state index is 10.3. The number of nitriles is 1.